The first-order valence-corrected chi connectivity index (χ1v) is 11.8. The number of carbonyl (C=O) groups excluding carboxylic acids is 2. The average Bonchev–Trinajstić information content (AvgIpc) is 2.95. The van der Waals surface area contributed by atoms with Crippen molar-refractivity contribution in [3.05, 3.63) is 47.3 Å². The Kier molecular flexibility index (Phi) is 6.73. The molecule has 0 atom stereocenters. The Balaban J connectivity index is 1.47. The van der Waals surface area contributed by atoms with Crippen molar-refractivity contribution in [1.82, 2.24) is 20.0 Å². The SMILES string of the molecule is CC(C)CC(=O)N1CCC(NC(=O)c2nn(-c3ccccc3)c3c2CCCCC3)CC1. The van der Waals surface area contributed by atoms with Crippen molar-refractivity contribution >= 4 is 11.8 Å². The summed E-state index contributed by atoms with van der Waals surface area (Å²) < 4.78 is 1.97. The highest BCUT2D eigenvalue weighted by Gasteiger charge is 2.28. The Hall–Kier alpha value is -2.63. The van der Waals surface area contributed by atoms with E-state index in [2.05, 4.69) is 19.2 Å². The van der Waals surface area contributed by atoms with Crippen LogP contribution >= 0.6 is 0 Å². The lowest BCUT2D eigenvalue weighted by molar-refractivity contribution is -0.133. The van der Waals surface area contributed by atoms with Gasteiger partial charge in [-0.05, 0) is 56.6 Å². The molecule has 1 aliphatic heterocycles. The molecule has 2 heterocycles. The second-order valence-electron chi connectivity index (χ2n) is 9.31. The van der Waals surface area contributed by atoms with Crippen LogP contribution in [0.25, 0.3) is 5.69 Å². The number of aromatic nitrogens is 2. The fraction of sp³-hybridized carbons (Fsp3) is 0.560. The maximum Gasteiger partial charge on any atom is 0.272 e. The summed E-state index contributed by atoms with van der Waals surface area (Å²) in [6.45, 7) is 5.57. The summed E-state index contributed by atoms with van der Waals surface area (Å²) in [6.07, 6.45) is 7.50. The first kappa shape index (κ1) is 21.6. The Bertz CT molecular complexity index is 911. The zero-order valence-electron chi connectivity index (χ0n) is 18.8. The Morgan fingerprint density at radius 2 is 1.77 bits per heavy atom. The second kappa shape index (κ2) is 9.67. The molecule has 0 unspecified atom stereocenters. The molecule has 6 nitrogen and oxygen atoms in total. The van der Waals surface area contributed by atoms with Crippen LogP contribution in [0.1, 0.15) is 74.1 Å². The highest BCUT2D eigenvalue weighted by atomic mass is 16.2. The largest absolute Gasteiger partial charge is 0.348 e. The zero-order chi connectivity index (χ0) is 21.8. The lowest BCUT2D eigenvalue weighted by atomic mass is 10.0. The molecule has 2 amide bonds. The maximum absolute atomic E-state index is 13.2. The minimum Gasteiger partial charge on any atom is -0.348 e. The number of carbonyl (C=O) groups is 2. The number of benzene rings is 1. The fourth-order valence-corrected chi connectivity index (χ4v) is 4.75. The molecule has 31 heavy (non-hydrogen) atoms. The molecule has 1 aliphatic carbocycles. The van der Waals surface area contributed by atoms with Crippen molar-refractivity contribution in [3.8, 4) is 5.69 Å². The zero-order valence-corrected chi connectivity index (χ0v) is 18.8. The van der Waals surface area contributed by atoms with E-state index in [1.165, 1.54) is 12.1 Å². The van der Waals surface area contributed by atoms with Gasteiger partial charge in [0.2, 0.25) is 5.91 Å². The van der Waals surface area contributed by atoms with Gasteiger partial charge in [-0.1, -0.05) is 38.5 Å². The number of rotatable bonds is 5. The highest BCUT2D eigenvalue weighted by molar-refractivity contribution is 5.94. The third-order valence-corrected chi connectivity index (χ3v) is 6.41. The summed E-state index contributed by atoms with van der Waals surface area (Å²) in [5.41, 5.74) is 3.89. The monoisotopic (exact) mass is 422 g/mol. The Morgan fingerprint density at radius 1 is 1.06 bits per heavy atom. The molecule has 1 aromatic heterocycles. The molecule has 1 saturated heterocycles. The summed E-state index contributed by atoms with van der Waals surface area (Å²) >= 11 is 0. The number of nitrogens with zero attached hydrogens (tertiary/aromatic N) is 3. The molecule has 0 spiro atoms. The summed E-state index contributed by atoms with van der Waals surface area (Å²) in [7, 11) is 0. The van der Waals surface area contributed by atoms with E-state index >= 15 is 0 Å². The van der Waals surface area contributed by atoms with E-state index in [0.717, 1.165) is 49.8 Å². The van der Waals surface area contributed by atoms with Gasteiger partial charge in [0.25, 0.3) is 5.91 Å². The number of likely N-dealkylation sites (tertiary alicyclic amines) is 1. The molecule has 2 aromatic rings. The lowest BCUT2D eigenvalue weighted by Crippen LogP contribution is -2.47. The molecule has 166 valence electrons. The summed E-state index contributed by atoms with van der Waals surface area (Å²) in [5.74, 6) is 0.534. The smallest absolute Gasteiger partial charge is 0.272 e. The van der Waals surface area contributed by atoms with Crippen LogP contribution in [0.5, 0.6) is 0 Å². The number of para-hydroxylation sites is 1. The molecular formula is C25H34N4O2. The highest BCUT2D eigenvalue weighted by Crippen LogP contribution is 2.26. The summed E-state index contributed by atoms with van der Waals surface area (Å²) in [5, 5.41) is 8.00. The van der Waals surface area contributed by atoms with Crippen LogP contribution in [-0.4, -0.2) is 45.6 Å². The van der Waals surface area contributed by atoms with Gasteiger partial charge in [0, 0.05) is 36.8 Å². The van der Waals surface area contributed by atoms with Crippen molar-refractivity contribution in [1.29, 1.82) is 0 Å². The third kappa shape index (κ3) is 5.00. The summed E-state index contributed by atoms with van der Waals surface area (Å²) in [4.78, 5) is 27.5. The van der Waals surface area contributed by atoms with Gasteiger partial charge in [0.15, 0.2) is 5.69 Å². The van der Waals surface area contributed by atoms with E-state index in [1.807, 2.05) is 39.9 Å². The van der Waals surface area contributed by atoms with E-state index in [0.29, 0.717) is 31.1 Å². The van der Waals surface area contributed by atoms with Crippen molar-refractivity contribution in [2.75, 3.05) is 13.1 Å². The van der Waals surface area contributed by atoms with Gasteiger partial charge in [-0.3, -0.25) is 9.59 Å². The molecule has 2 aliphatic rings. The van der Waals surface area contributed by atoms with Gasteiger partial charge in [0.05, 0.1) is 5.69 Å². The molecule has 0 bridgehead atoms. The number of hydrogen-bond acceptors (Lipinski definition) is 3. The quantitative estimate of drug-likeness (QED) is 0.743. The summed E-state index contributed by atoms with van der Waals surface area (Å²) in [6, 6.07) is 10.2. The molecule has 0 saturated carbocycles. The van der Waals surface area contributed by atoms with Gasteiger partial charge in [-0.2, -0.15) is 5.10 Å². The van der Waals surface area contributed by atoms with Gasteiger partial charge >= 0.3 is 0 Å². The van der Waals surface area contributed by atoms with Crippen molar-refractivity contribution in [2.24, 2.45) is 5.92 Å². The molecule has 1 N–H and O–H groups in total. The molecular weight excluding hydrogens is 388 g/mol. The molecule has 1 aromatic carbocycles. The number of fused-ring (bicyclic) bond motifs is 1. The Morgan fingerprint density at radius 3 is 2.48 bits per heavy atom. The van der Waals surface area contributed by atoms with Crippen LogP contribution in [0.3, 0.4) is 0 Å². The first-order valence-electron chi connectivity index (χ1n) is 11.8. The van der Waals surface area contributed by atoms with Crippen LogP contribution in [-0.2, 0) is 17.6 Å². The number of amides is 2. The van der Waals surface area contributed by atoms with Gasteiger partial charge in [-0.25, -0.2) is 4.68 Å². The van der Waals surface area contributed by atoms with Crippen LogP contribution in [0.2, 0.25) is 0 Å². The van der Waals surface area contributed by atoms with E-state index in [4.69, 9.17) is 5.10 Å². The van der Waals surface area contributed by atoms with Crippen molar-refractivity contribution < 1.29 is 9.59 Å². The number of hydrogen-bond donors (Lipinski definition) is 1. The average molecular weight is 423 g/mol. The van der Waals surface area contributed by atoms with Crippen molar-refractivity contribution in [2.45, 2.75) is 71.3 Å². The van der Waals surface area contributed by atoms with E-state index in [1.54, 1.807) is 0 Å². The number of nitrogens with one attached hydrogen (secondary N) is 1. The fourth-order valence-electron chi connectivity index (χ4n) is 4.75. The lowest BCUT2D eigenvalue weighted by Gasteiger charge is -2.32. The minimum absolute atomic E-state index is 0.0696. The third-order valence-electron chi connectivity index (χ3n) is 6.41. The van der Waals surface area contributed by atoms with Crippen LogP contribution < -0.4 is 5.32 Å². The molecule has 6 heteroatoms. The van der Waals surface area contributed by atoms with Crippen LogP contribution in [0.4, 0.5) is 0 Å². The number of piperidine rings is 1. The normalized spacial score (nSPS) is 17.3. The molecule has 1 fully saturated rings. The Labute approximate surface area is 185 Å². The van der Waals surface area contributed by atoms with Gasteiger partial charge < -0.3 is 10.2 Å². The van der Waals surface area contributed by atoms with Crippen molar-refractivity contribution in [3.63, 3.8) is 0 Å². The predicted molar refractivity (Wildman–Crippen MR) is 121 cm³/mol. The first-order chi connectivity index (χ1) is 15.0. The van der Waals surface area contributed by atoms with Gasteiger partial charge in [-0.15, -0.1) is 0 Å². The van der Waals surface area contributed by atoms with Crippen LogP contribution in [0, 0.1) is 5.92 Å². The van der Waals surface area contributed by atoms with E-state index in [-0.39, 0.29) is 17.9 Å². The van der Waals surface area contributed by atoms with Crippen LogP contribution in [0.15, 0.2) is 30.3 Å². The molecule has 0 radical (unpaired) electrons. The molecule has 4 rings (SSSR count). The predicted octanol–water partition coefficient (Wildman–Crippen LogP) is 3.91. The van der Waals surface area contributed by atoms with E-state index < -0.39 is 0 Å². The maximum atomic E-state index is 13.2. The van der Waals surface area contributed by atoms with Gasteiger partial charge in [0.1, 0.15) is 0 Å². The standard InChI is InChI=1S/C25H34N4O2/c1-18(2)17-23(30)28-15-13-19(14-16-28)26-25(31)24-21-11-7-4-8-12-22(21)29(27-24)20-9-5-3-6-10-20/h3,5-6,9-10,18-19H,4,7-8,11-17H2,1-2H3,(H,26,31). The topological polar surface area (TPSA) is 67.2 Å². The van der Waals surface area contributed by atoms with E-state index in [9.17, 15) is 9.59 Å². The minimum atomic E-state index is -0.0696. The second-order valence-corrected chi connectivity index (χ2v) is 9.31.